The Morgan fingerprint density at radius 2 is 1.87 bits per heavy atom. The average Bonchev–Trinajstić information content (AvgIpc) is 3.53. The highest BCUT2D eigenvalue weighted by atomic mass is 32.1. The van der Waals surface area contributed by atoms with Gasteiger partial charge in [-0.15, -0.1) is 0 Å². The third-order valence-corrected chi connectivity index (χ3v) is 7.22. The number of carbonyl (C=O) groups is 1. The van der Waals surface area contributed by atoms with Crippen LogP contribution in [0.5, 0.6) is 5.75 Å². The molecule has 0 saturated carbocycles. The molecule has 1 aliphatic heterocycles. The van der Waals surface area contributed by atoms with Gasteiger partial charge in [0.05, 0.1) is 24.2 Å². The third-order valence-electron chi connectivity index (χ3n) is 6.23. The molecular weight excluding hydrogens is 522 g/mol. The predicted molar refractivity (Wildman–Crippen MR) is 145 cm³/mol. The van der Waals surface area contributed by atoms with Crippen LogP contribution in [0, 0.1) is 10.1 Å². The Morgan fingerprint density at radius 3 is 2.51 bits per heavy atom. The predicted octanol–water partition coefficient (Wildman–Crippen LogP) is 4.08. The molecule has 0 amide bonds. The number of fused-ring (bicyclic) bond motifs is 1. The van der Waals surface area contributed by atoms with Crippen LogP contribution in [-0.4, -0.2) is 29.2 Å². The summed E-state index contributed by atoms with van der Waals surface area (Å²) in [7, 11) is 1.57. The molecule has 5 rings (SSSR count). The van der Waals surface area contributed by atoms with Crippen molar-refractivity contribution < 1.29 is 23.6 Å². The highest BCUT2D eigenvalue weighted by molar-refractivity contribution is 7.07. The molecule has 11 heteroatoms. The number of furan rings is 1. The zero-order valence-electron chi connectivity index (χ0n) is 21.2. The highest BCUT2D eigenvalue weighted by Gasteiger charge is 2.31. The average molecular weight is 546 g/mol. The number of esters is 1. The number of non-ortho nitro benzene ring substituents is 1. The van der Waals surface area contributed by atoms with Gasteiger partial charge in [0.1, 0.15) is 27.8 Å². The molecule has 1 aliphatic rings. The van der Waals surface area contributed by atoms with Crippen LogP contribution in [0.2, 0.25) is 0 Å². The maximum absolute atomic E-state index is 13.4. The van der Waals surface area contributed by atoms with Crippen molar-refractivity contribution in [1.29, 1.82) is 0 Å². The summed E-state index contributed by atoms with van der Waals surface area (Å²) in [6.45, 7) is 3.61. The molecule has 39 heavy (non-hydrogen) atoms. The SMILES string of the molecule is CCOC(=O)C1=C(C)n2c(s/c(=C\c3ccc(-c4ccc([N+](=O)[O-])cc4)o3)c2=O)=NC1c1ccc(OC)cc1. The first-order valence-corrected chi connectivity index (χ1v) is 12.8. The zero-order chi connectivity index (χ0) is 27.7. The molecule has 3 heterocycles. The largest absolute Gasteiger partial charge is 0.497 e. The standard InChI is InChI=1S/C28H23N3O7S/c1-4-37-27(33)24-16(2)30-26(32)23(39-28(30)29-25(24)18-7-11-20(36-3)12-8-18)15-21-13-14-22(38-21)17-5-9-19(10-6-17)31(34)35/h5-15,25H,4H2,1-3H3/b23-15-. The second-order valence-corrected chi connectivity index (χ2v) is 9.57. The number of nitrogens with zero attached hydrogens (tertiary/aromatic N) is 3. The Bertz CT molecular complexity index is 1780. The fraction of sp³-hybridized carbons (Fsp3) is 0.179. The zero-order valence-corrected chi connectivity index (χ0v) is 22.1. The summed E-state index contributed by atoms with van der Waals surface area (Å²) in [5.41, 5.74) is 1.81. The maximum Gasteiger partial charge on any atom is 0.338 e. The van der Waals surface area contributed by atoms with Crippen LogP contribution in [0.1, 0.15) is 31.2 Å². The number of hydrogen-bond donors (Lipinski definition) is 0. The molecule has 4 aromatic rings. The normalized spacial score (nSPS) is 15.1. The van der Waals surface area contributed by atoms with Gasteiger partial charge in [0, 0.05) is 29.5 Å². The molecule has 0 fully saturated rings. The lowest BCUT2D eigenvalue weighted by Crippen LogP contribution is -2.35. The van der Waals surface area contributed by atoms with Crippen LogP contribution in [0.15, 0.2) is 80.4 Å². The smallest absolute Gasteiger partial charge is 0.338 e. The number of methoxy groups -OCH3 is 1. The van der Waals surface area contributed by atoms with Gasteiger partial charge in [-0.2, -0.15) is 0 Å². The minimum absolute atomic E-state index is 0.0170. The summed E-state index contributed by atoms with van der Waals surface area (Å²) in [6, 6.07) is 16.0. The van der Waals surface area contributed by atoms with Crippen molar-refractivity contribution in [3.05, 3.63) is 107 Å². The summed E-state index contributed by atoms with van der Waals surface area (Å²) >= 11 is 1.19. The van der Waals surface area contributed by atoms with Crippen LogP contribution in [0.3, 0.4) is 0 Å². The summed E-state index contributed by atoms with van der Waals surface area (Å²) in [5, 5.41) is 10.9. The Kier molecular flexibility index (Phi) is 6.99. The van der Waals surface area contributed by atoms with Crippen molar-refractivity contribution >= 4 is 34.8 Å². The van der Waals surface area contributed by atoms with Gasteiger partial charge in [0.2, 0.25) is 0 Å². The number of nitro groups is 1. The minimum Gasteiger partial charge on any atom is -0.497 e. The number of thiazole rings is 1. The van der Waals surface area contributed by atoms with Crippen LogP contribution in [0.25, 0.3) is 23.1 Å². The van der Waals surface area contributed by atoms with Gasteiger partial charge in [-0.1, -0.05) is 23.5 Å². The van der Waals surface area contributed by atoms with Gasteiger partial charge in [0.15, 0.2) is 4.80 Å². The van der Waals surface area contributed by atoms with E-state index >= 15 is 0 Å². The second kappa shape index (κ2) is 10.5. The Hall–Kier alpha value is -4.77. The first-order valence-electron chi connectivity index (χ1n) is 12.0. The molecule has 2 aromatic carbocycles. The van der Waals surface area contributed by atoms with Crippen molar-refractivity contribution in [3.63, 3.8) is 0 Å². The van der Waals surface area contributed by atoms with E-state index in [1.807, 2.05) is 12.1 Å². The molecule has 0 saturated heterocycles. The van der Waals surface area contributed by atoms with E-state index in [-0.39, 0.29) is 17.9 Å². The van der Waals surface area contributed by atoms with E-state index in [1.165, 1.54) is 28.0 Å². The van der Waals surface area contributed by atoms with Crippen molar-refractivity contribution in [2.45, 2.75) is 19.9 Å². The summed E-state index contributed by atoms with van der Waals surface area (Å²) < 4.78 is 18.3. The minimum atomic E-state index is -0.654. The fourth-order valence-electron chi connectivity index (χ4n) is 4.31. The number of rotatable bonds is 7. The molecular formula is C28H23N3O7S. The van der Waals surface area contributed by atoms with Crippen molar-refractivity contribution in [1.82, 2.24) is 4.57 Å². The van der Waals surface area contributed by atoms with E-state index in [4.69, 9.17) is 18.9 Å². The number of allylic oxidation sites excluding steroid dienone is 1. The van der Waals surface area contributed by atoms with Gasteiger partial charge in [-0.05, 0) is 55.8 Å². The first kappa shape index (κ1) is 25.9. The van der Waals surface area contributed by atoms with Gasteiger partial charge in [0.25, 0.3) is 11.2 Å². The highest BCUT2D eigenvalue weighted by Crippen LogP contribution is 2.33. The number of aromatic nitrogens is 1. The van der Waals surface area contributed by atoms with Crippen LogP contribution >= 0.6 is 11.3 Å². The summed E-state index contributed by atoms with van der Waals surface area (Å²) in [4.78, 5) is 42.1. The Balaban J connectivity index is 1.58. The molecule has 0 bridgehead atoms. The van der Waals surface area contributed by atoms with Gasteiger partial charge in [-0.25, -0.2) is 9.79 Å². The lowest BCUT2D eigenvalue weighted by atomic mass is 9.96. The summed E-state index contributed by atoms with van der Waals surface area (Å²) in [5.74, 6) is 1.07. The monoisotopic (exact) mass is 545 g/mol. The number of hydrogen-bond acceptors (Lipinski definition) is 9. The van der Waals surface area contributed by atoms with Crippen LogP contribution in [-0.2, 0) is 9.53 Å². The number of nitro benzene ring substituents is 1. The molecule has 2 aromatic heterocycles. The number of carbonyl (C=O) groups excluding carboxylic acids is 1. The topological polar surface area (TPSA) is 126 Å². The van der Waals surface area contributed by atoms with Crippen LogP contribution in [0.4, 0.5) is 5.69 Å². The van der Waals surface area contributed by atoms with E-state index in [0.717, 1.165) is 5.56 Å². The van der Waals surface area contributed by atoms with Crippen molar-refractivity contribution in [2.75, 3.05) is 13.7 Å². The number of ether oxygens (including phenoxy) is 2. The fourth-order valence-corrected chi connectivity index (χ4v) is 5.33. The van der Waals surface area contributed by atoms with E-state index in [1.54, 1.807) is 63.4 Å². The lowest BCUT2D eigenvalue weighted by Gasteiger charge is -2.22. The van der Waals surface area contributed by atoms with Gasteiger partial charge < -0.3 is 13.9 Å². The maximum atomic E-state index is 13.4. The van der Waals surface area contributed by atoms with E-state index < -0.39 is 16.9 Å². The molecule has 0 aliphatic carbocycles. The molecule has 0 radical (unpaired) electrons. The molecule has 10 nitrogen and oxygen atoms in total. The van der Waals surface area contributed by atoms with E-state index in [9.17, 15) is 19.7 Å². The second-order valence-electron chi connectivity index (χ2n) is 8.56. The molecule has 0 spiro atoms. The Labute approximate surface area is 225 Å². The summed E-state index contributed by atoms with van der Waals surface area (Å²) in [6.07, 6.45) is 1.61. The lowest BCUT2D eigenvalue weighted by molar-refractivity contribution is -0.384. The molecule has 0 N–H and O–H groups in total. The van der Waals surface area contributed by atoms with Crippen molar-refractivity contribution in [2.24, 2.45) is 4.99 Å². The third kappa shape index (κ3) is 4.91. The van der Waals surface area contributed by atoms with E-state index in [0.29, 0.717) is 43.4 Å². The molecule has 198 valence electrons. The number of benzene rings is 2. The van der Waals surface area contributed by atoms with E-state index in [2.05, 4.69) is 0 Å². The molecule has 1 unspecified atom stereocenters. The van der Waals surface area contributed by atoms with Gasteiger partial charge >= 0.3 is 5.97 Å². The Morgan fingerprint density at radius 1 is 1.15 bits per heavy atom. The van der Waals surface area contributed by atoms with Crippen molar-refractivity contribution in [3.8, 4) is 17.1 Å². The van der Waals surface area contributed by atoms with Crippen LogP contribution < -0.4 is 19.6 Å². The quantitative estimate of drug-likeness (QED) is 0.195. The van der Waals surface area contributed by atoms with Gasteiger partial charge in [-0.3, -0.25) is 19.5 Å². The molecule has 1 atom stereocenters. The first-order chi connectivity index (χ1) is 18.8.